The van der Waals surface area contributed by atoms with Gasteiger partial charge in [0.05, 0.1) is 30.3 Å². The maximum absolute atomic E-state index is 13.0. The van der Waals surface area contributed by atoms with Gasteiger partial charge in [-0.15, -0.1) is 11.3 Å². The lowest BCUT2D eigenvalue weighted by atomic mass is 10.1. The highest BCUT2D eigenvalue weighted by Gasteiger charge is 2.24. The van der Waals surface area contributed by atoms with Gasteiger partial charge >= 0.3 is 0 Å². The van der Waals surface area contributed by atoms with Crippen molar-refractivity contribution in [1.82, 2.24) is 15.2 Å². The van der Waals surface area contributed by atoms with Crippen LogP contribution in [0.5, 0.6) is 0 Å². The number of nitrogens with zero attached hydrogens (tertiary/aromatic N) is 2. The number of carbonyl (C=O) groups is 1. The van der Waals surface area contributed by atoms with E-state index in [1.807, 2.05) is 37.3 Å². The molecule has 5 nitrogen and oxygen atoms in total. The Hall–Kier alpha value is -2.28. The maximum atomic E-state index is 13.0. The van der Waals surface area contributed by atoms with Crippen LogP contribution in [-0.4, -0.2) is 48.6 Å². The summed E-state index contributed by atoms with van der Waals surface area (Å²) in [6, 6.07) is 14.0. The Morgan fingerprint density at radius 1 is 1.26 bits per heavy atom. The maximum Gasteiger partial charge on any atom is 0.252 e. The summed E-state index contributed by atoms with van der Waals surface area (Å²) in [5.74, 6) is -0.0495. The van der Waals surface area contributed by atoms with E-state index in [1.165, 1.54) is 4.88 Å². The molecular weight excluding hydrogens is 358 g/mol. The van der Waals surface area contributed by atoms with Gasteiger partial charge in [-0.3, -0.25) is 14.7 Å². The first-order chi connectivity index (χ1) is 13.2. The third-order valence-electron chi connectivity index (χ3n) is 4.90. The van der Waals surface area contributed by atoms with Crippen LogP contribution in [0, 0.1) is 6.92 Å². The summed E-state index contributed by atoms with van der Waals surface area (Å²) in [6.07, 6.45) is 0. The average molecular weight is 382 g/mol. The molecule has 1 aromatic carbocycles. The highest BCUT2D eigenvalue weighted by molar-refractivity contribution is 7.10. The lowest BCUT2D eigenvalue weighted by Gasteiger charge is -2.34. The number of pyridine rings is 1. The van der Waals surface area contributed by atoms with Crippen LogP contribution >= 0.6 is 11.3 Å². The molecule has 0 radical (unpaired) electrons. The van der Waals surface area contributed by atoms with Crippen molar-refractivity contribution in [3.8, 4) is 0 Å². The second kappa shape index (κ2) is 8.17. The zero-order chi connectivity index (χ0) is 18.6. The largest absolute Gasteiger partial charge is 0.379 e. The van der Waals surface area contributed by atoms with Gasteiger partial charge in [0.15, 0.2) is 0 Å². The zero-order valence-electron chi connectivity index (χ0n) is 15.4. The molecule has 1 N–H and O–H groups in total. The smallest absolute Gasteiger partial charge is 0.252 e. The van der Waals surface area contributed by atoms with Crippen LogP contribution in [0.3, 0.4) is 0 Å². The number of fused-ring (bicyclic) bond motifs is 1. The van der Waals surface area contributed by atoms with Crippen molar-refractivity contribution in [3.63, 3.8) is 0 Å². The molecule has 1 saturated heterocycles. The zero-order valence-corrected chi connectivity index (χ0v) is 16.2. The van der Waals surface area contributed by atoms with Crippen LogP contribution in [0.15, 0.2) is 47.8 Å². The van der Waals surface area contributed by atoms with Gasteiger partial charge < -0.3 is 10.1 Å². The summed E-state index contributed by atoms with van der Waals surface area (Å²) in [5.41, 5.74) is 2.39. The van der Waals surface area contributed by atoms with Crippen LogP contribution in [0.4, 0.5) is 0 Å². The van der Waals surface area contributed by atoms with Gasteiger partial charge in [0, 0.05) is 35.6 Å². The lowest BCUT2D eigenvalue weighted by Crippen LogP contribution is -2.43. The fourth-order valence-electron chi connectivity index (χ4n) is 3.56. The van der Waals surface area contributed by atoms with Gasteiger partial charge in [0.25, 0.3) is 5.91 Å². The quantitative estimate of drug-likeness (QED) is 0.736. The number of carbonyl (C=O) groups excluding carboxylic acids is 1. The van der Waals surface area contributed by atoms with E-state index in [9.17, 15) is 4.79 Å². The Morgan fingerprint density at radius 2 is 2.07 bits per heavy atom. The van der Waals surface area contributed by atoms with Gasteiger partial charge in [0.2, 0.25) is 0 Å². The normalized spacial score (nSPS) is 16.3. The highest BCUT2D eigenvalue weighted by Crippen LogP contribution is 2.26. The number of ether oxygens (including phenoxy) is 1. The average Bonchev–Trinajstić information content (AvgIpc) is 3.22. The fourth-order valence-corrected chi connectivity index (χ4v) is 4.42. The molecule has 4 rings (SSSR count). The molecule has 3 aromatic rings. The molecule has 1 aliphatic rings. The number of aryl methyl sites for hydroxylation is 1. The predicted molar refractivity (Wildman–Crippen MR) is 108 cm³/mol. The number of amides is 1. The van der Waals surface area contributed by atoms with E-state index < -0.39 is 0 Å². The van der Waals surface area contributed by atoms with E-state index >= 15 is 0 Å². The first kappa shape index (κ1) is 18.1. The summed E-state index contributed by atoms with van der Waals surface area (Å²) < 4.78 is 5.49. The molecule has 1 fully saturated rings. The van der Waals surface area contributed by atoms with Crippen molar-refractivity contribution in [2.75, 3.05) is 32.8 Å². The summed E-state index contributed by atoms with van der Waals surface area (Å²) in [5, 5.41) is 6.14. The molecule has 1 aliphatic heterocycles. The monoisotopic (exact) mass is 381 g/mol. The molecule has 27 heavy (non-hydrogen) atoms. The predicted octanol–water partition coefficient (Wildman–Crippen LogP) is 3.41. The number of rotatable bonds is 5. The van der Waals surface area contributed by atoms with E-state index in [0.717, 1.165) is 42.9 Å². The van der Waals surface area contributed by atoms with Crippen LogP contribution in [-0.2, 0) is 4.74 Å². The molecule has 1 amide bonds. The number of thiophene rings is 1. The Morgan fingerprint density at radius 3 is 2.85 bits per heavy atom. The van der Waals surface area contributed by atoms with Crippen molar-refractivity contribution < 1.29 is 9.53 Å². The summed E-state index contributed by atoms with van der Waals surface area (Å²) >= 11 is 1.73. The molecule has 0 aliphatic carbocycles. The summed E-state index contributed by atoms with van der Waals surface area (Å²) in [7, 11) is 0. The SMILES string of the molecule is Cc1cc(C(=O)NC[C@@H](c2cccs2)N2CCOCC2)c2ccccc2n1. The molecular formula is C21H23N3O2S. The van der Waals surface area contributed by atoms with Gasteiger partial charge in [-0.2, -0.15) is 0 Å². The minimum Gasteiger partial charge on any atom is -0.379 e. The van der Waals surface area contributed by atoms with E-state index in [2.05, 4.69) is 32.7 Å². The summed E-state index contributed by atoms with van der Waals surface area (Å²) in [4.78, 5) is 21.2. The Labute approximate surface area is 163 Å². The van der Waals surface area contributed by atoms with E-state index in [1.54, 1.807) is 11.3 Å². The van der Waals surface area contributed by atoms with Gasteiger partial charge in [-0.1, -0.05) is 24.3 Å². The second-order valence-corrected chi connectivity index (χ2v) is 7.70. The second-order valence-electron chi connectivity index (χ2n) is 6.72. The number of hydrogen-bond donors (Lipinski definition) is 1. The first-order valence-electron chi connectivity index (χ1n) is 9.22. The Kier molecular flexibility index (Phi) is 5.48. The lowest BCUT2D eigenvalue weighted by molar-refractivity contribution is 0.0169. The van der Waals surface area contributed by atoms with Crippen LogP contribution in [0.25, 0.3) is 10.9 Å². The molecule has 2 aromatic heterocycles. The van der Waals surface area contributed by atoms with Gasteiger partial charge in [-0.05, 0) is 30.5 Å². The van der Waals surface area contributed by atoms with Crippen molar-refractivity contribution in [1.29, 1.82) is 0 Å². The standard InChI is InChI=1S/C21H23N3O2S/c1-15-13-17(16-5-2-3-6-18(16)23-15)21(25)22-14-19(20-7-4-12-27-20)24-8-10-26-11-9-24/h2-7,12-13,19H,8-11,14H2,1H3,(H,22,25)/t19-/m0/s1. The molecule has 0 saturated carbocycles. The van der Waals surface area contributed by atoms with E-state index in [0.29, 0.717) is 12.1 Å². The first-order valence-corrected chi connectivity index (χ1v) is 10.1. The number of nitrogens with one attached hydrogen (secondary N) is 1. The van der Waals surface area contributed by atoms with Crippen LogP contribution < -0.4 is 5.32 Å². The molecule has 140 valence electrons. The fraction of sp³-hybridized carbons (Fsp3) is 0.333. The molecule has 0 spiro atoms. The number of benzene rings is 1. The van der Waals surface area contributed by atoms with E-state index in [4.69, 9.17) is 4.74 Å². The minimum absolute atomic E-state index is 0.0495. The number of hydrogen-bond acceptors (Lipinski definition) is 5. The third-order valence-corrected chi connectivity index (χ3v) is 5.88. The van der Waals surface area contributed by atoms with Crippen molar-refractivity contribution in [2.45, 2.75) is 13.0 Å². The van der Waals surface area contributed by atoms with Crippen LogP contribution in [0.1, 0.15) is 27.0 Å². The number of para-hydroxylation sites is 1. The molecule has 0 bridgehead atoms. The van der Waals surface area contributed by atoms with E-state index in [-0.39, 0.29) is 11.9 Å². The molecule has 1 atom stereocenters. The Bertz CT molecular complexity index is 920. The topological polar surface area (TPSA) is 54.5 Å². The number of morpholine rings is 1. The molecule has 6 heteroatoms. The molecule has 0 unspecified atom stereocenters. The summed E-state index contributed by atoms with van der Waals surface area (Å²) in [6.45, 7) is 5.75. The third kappa shape index (κ3) is 4.03. The van der Waals surface area contributed by atoms with Crippen molar-refractivity contribution in [3.05, 3.63) is 64.0 Å². The molecule has 3 heterocycles. The minimum atomic E-state index is -0.0495. The Balaban J connectivity index is 1.55. The van der Waals surface area contributed by atoms with Crippen LogP contribution in [0.2, 0.25) is 0 Å². The highest BCUT2D eigenvalue weighted by atomic mass is 32.1. The number of aromatic nitrogens is 1. The van der Waals surface area contributed by atoms with Crippen molar-refractivity contribution >= 4 is 28.1 Å². The van der Waals surface area contributed by atoms with Gasteiger partial charge in [-0.25, -0.2) is 0 Å². The van der Waals surface area contributed by atoms with Gasteiger partial charge in [0.1, 0.15) is 0 Å². The van der Waals surface area contributed by atoms with Crippen molar-refractivity contribution in [2.24, 2.45) is 0 Å².